The van der Waals surface area contributed by atoms with Crippen LogP contribution in [0, 0.1) is 0 Å². The van der Waals surface area contributed by atoms with Crippen LogP contribution in [0.5, 0.6) is 0 Å². The third-order valence-corrected chi connectivity index (χ3v) is 3.96. The molecule has 4 nitrogen and oxygen atoms in total. The standard InChI is InChI=1S/C20H22N4/c1-3-15-9-5-7-11-17(15)22-19-13-14-21-20(24-19)23-18-12-8-6-10-16(18)4-2/h5-14H,3-4H2,1-2H3,(H2,21,22,23,24). The zero-order chi connectivity index (χ0) is 16.8. The number of para-hydroxylation sites is 2. The van der Waals surface area contributed by atoms with E-state index in [1.54, 1.807) is 6.20 Å². The van der Waals surface area contributed by atoms with E-state index in [4.69, 9.17) is 0 Å². The molecule has 4 heteroatoms. The second-order valence-electron chi connectivity index (χ2n) is 5.54. The largest absolute Gasteiger partial charge is 0.340 e. The zero-order valence-corrected chi connectivity index (χ0v) is 14.1. The van der Waals surface area contributed by atoms with Crippen LogP contribution < -0.4 is 10.6 Å². The van der Waals surface area contributed by atoms with Gasteiger partial charge in [0.1, 0.15) is 5.82 Å². The van der Waals surface area contributed by atoms with E-state index in [9.17, 15) is 0 Å². The van der Waals surface area contributed by atoms with Crippen molar-refractivity contribution >= 4 is 23.1 Å². The van der Waals surface area contributed by atoms with Crippen LogP contribution in [0.1, 0.15) is 25.0 Å². The topological polar surface area (TPSA) is 49.8 Å². The first-order valence-corrected chi connectivity index (χ1v) is 8.33. The molecule has 0 saturated carbocycles. The Morgan fingerprint density at radius 3 is 1.96 bits per heavy atom. The average Bonchev–Trinajstić information content (AvgIpc) is 2.63. The average molecular weight is 318 g/mol. The van der Waals surface area contributed by atoms with Gasteiger partial charge in [0.15, 0.2) is 0 Å². The summed E-state index contributed by atoms with van der Waals surface area (Å²) < 4.78 is 0. The van der Waals surface area contributed by atoms with Crippen molar-refractivity contribution in [1.29, 1.82) is 0 Å². The highest BCUT2D eigenvalue weighted by Gasteiger charge is 2.05. The molecule has 0 aliphatic rings. The molecule has 0 radical (unpaired) electrons. The Morgan fingerprint density at radius 1 is 0.750 bits per heavy atom. The highest BCUT2D eigenvalue weighted by Crippen LogP contribution is 2.22. The number of benzene rings is 2. The lowest BCUT2D eigenvalue weighted by Gasteiger charge is -2.12. The van der Waals surface area contributed by atoms with Gasteiger partial charge in [-0.3, -0.25) is 0 Å². The Kier molecular flexibility index (Phi) is 5.06. The molecule has 1 heterocycles. The molecule has 2 aromatic carbocycles. The molecular formula is C20H22N4. The maximum atomic E-state index is 4.58. The van der Waals surface area contributed by atoms with Gasteiger partial charge in [0.05, 0.1) is 0 Å². The van der Waals surface area contributed by atoms with Crippen LogP contribution in [0.4, 0.5) is 23.1 Å². The van der Waals surface area contributed by atoms with Crippen LogP contribution in [-0.4, -0.2) is 9.97 Å². The highest BCUT2D eigenvalue weighted by molar-refractivity contribution is 5.63. The van der Waals surface area contributed by atoms with E-state index < -0.39 is 0 Å². The van der Waals surface area contributed by atoms with Crippen molar-refractivity contribution in [3.05, 3.63) is 71.9 Å². The van der Waals surface area contributed by atoms with Gasteiger partial charge in [-0.1, -0.05) is 50.2 Å². The first-order chi connectivity index (χ1) is 11.8. The monoisotopic (exact) mass is 318 g/mol. The maximum Gasteiger partial charge on any atom is 0.229 e. The summed E-state index contributed by atoms with van der Waals surface area (Å²) >= 11 is 0. The molecule has 0 spiro atoms. The molecule has 0 amide bonds. The molecular weight excluding hydrogens is 296 g/mol. The van der Waals surface area contributed by atoms with Crippen LogP contribution in [0.15, 0.2) is 60.8 Å². The number of anilines is 4. The van der Waals surface area contributed by atoms with Crippen molar-refractivity contribution in [2.45, 2.75) is 26.7 Å². The number of nitrogens with zero attached hydrogens (tertiary/aromatic N) is 2. The van der Waals surface area contributed by atoms with Crippen molar-refractivity contribution in [2.75, 3.05) is 10.6 Å². The maximum absolute atomic E-state index is 4.58. The van der Waals surface area contributed by atoms with Gasteiger partial charge >= 0.3 is 0 Å². The molecule has 122 valence electrons. The molecule has 2 N–H and O–H groups in total. The van der Waals surface area contributed by atoms with Crippen molar-refractivity contribution < 1.29 is 0 Å². The molecule has 0 bridgehead atoms. The number of rotatable bonds is 6. The quantitative estimate of drug-likeness (QED) is 0.665. The minimum atomic E-state index is 0.592. The molecule has 1 aromatic heterocycles. The van der Waals surface area contributed by atoms with Crippen LogP contribution in [-0.2, 0) is 12.8 Å². The van der Waals surface area contributed by atoms with E-state index in [2.05, 4.69) is 64.8 Å². The second-order valence-corrected chi connectivity index (χ2v) is 5.54. The summed E-state index contributed by atoms with van der Waals surface area (Å²) in [5, 5.41) is 6.70. The zero-order valence-electron chi connectivity index (χ0n) is 14.1. The van der Waals surface area contributed by atoms with Gasteiger partial charge in [-0.05, 0) is 42.2 Å². The second kappa shape index (κ2) is 7.59. The van der Waals surface area contributed by atoms with Gasteiger partial charge in [-0.25, -0.2) is 4.98 Å². The summed E-state index contributed by atoms with van der Waals surface area (Å²) in [5.74, 6) is 1.37. The SMILES string of the molecule is CCc1ccccc1Nc1ccnc(Nc2ccccc2CC)n1. The Bertz CT molecular complexity index is 749. The Labute approximate surface area is 143 Å². The Morgan fingerprint density at radius 2 is 1.33 bits per heavy atom. The summed E-state index contributed by atoms with van der Waals surface area (Å²) in [6.07, 6.45) is 3.70. The summed E-state index contributed by atoms with van der Waals surface area (Å²) in [4.78, 5) is 8.91. The normalized spacial score (nSPS) is 10.4. The fourth-order valence-electron chi connectivity index (χ4n) is 2.65. The lowest BCUT2D eigenvalue weighted by atomic mass is 10.1. The molecule has 0 aliphatic heterocycles. The van der Waals surface area contributed by atoms with E-state index in [0.29, 0.717) is 5.95 Å². The fraction of sp³-hybridized carbons (Fsp3) is 0.200. The van der Waals surface area contributed by atoms with E-state index in [-0.39, 0.29) is 0 Å². The van der Waals surface area contributed by atoms with Crippen LogP contribution in [0.25, 0.3) is 0 Å². The molecule has 0 saturated heterocycles. The summed E-state index contributed by atoms with van der Waals surface area (Å²) in [5.41, 5.74) is 4.64. The minimum Gasteiger partial charge on any atom is -0.340 e. The summed E-state index contributed by atoms with van der Waals surface area (Å²) in [6, 6.07) is 18.4. The van der Waals surface area contributed by atoms with Gasteiger partial charge in [0, 0.05) is 17.6 Å². The summed E-state index contributed by atoms with van der Waals surface area (Å²) in [7, 11) is 0. The Balaban J connectivity index is 1.82. The number of hydrogen-bond donors (Lipinski definition) is 2. The van der Waals surface area contributed by atoms with Crippen molar-refractivity contribution in [3.8, 4) is 0 Å². The van der Waals surface area contributed by atoms with E-state index in [1.165, 1.54) is 11.1 Å². The van der Waals surface area contributed by atoms with Crippen molar-refractivity contribution in [2.24, 2.45) is 0 Å². The third kappa shape index (κ3) is 3.71. The molecule has 0 fully saturated rings. The third-order valence-electron chi connectivity index (χ3n) is 3.96. The lowest BCUT2D eigenvalue weighted by Crippen LogP contribution is -2.03. The molecule has 3 aromatic rings. The van der Waals surface area contributed by atoms with Gasteiger partial charge in [-0.2, -0.15) is 4.98 Å². The van der Waals surface area contributed by atoms with Gasteiger partial charge in [0.2, 0.25) is 5.95 Å². The fourth-order valence-corrected chi connectivity index (χ4v) is 2.65. The van der Waals surface area contributed by atoms with Crippen molar-refractivity contribution in [3.63, 3.8) is 0 Å². The first-order valence-electron chi connectivity index (χ1n) is 8.33. The predicted molar refractivity (Wildman–Crippen MR) is 100 cm³/mol. The predicted octanol–water partition coefficient (Wildman–Crippen LogP) is 5.09. The van der Waals surface area contributed by atoms with Crippen molar-refractivity contribution in [1.82, 2.24) is 9.97 Å². The van der Waals surface area contributed by atoms with E-state index in [1.807, 2.05) is 24.3 Å². The molecule has 0 aliphatic carbocycles. The number of aryl methyl sites for hydroxylation is 2. The van der Waals surface area contributed by atoms with Gasteiger partial charge in [-0.15, -0.1) is 0 Å². The molecule has 24 heavy (non-hydrogen) atoms. The highest BCUT2D eigenvalue weighted by atomic mass is 15.1. The molecule has 0 unspecified atom stereocenters. The van der Waals surface area contributed by atoms with Gasteiger partial charge < -0.3 is 10.6 Å². The number of nitrogens with one attached hydrogen (secondary N) is 2. The first kappa shape index (κ1) is 16.0. The lowest BCUT2D eigenvalue weighted by molar-refractivity contribution is 1.11. The smallest absolute Gasteiger partial charge is 0.229 e. The van der Waals surface area contributed by atoms with Crippen LogP contribution in [0.2, 0.25) is 0 Å². The number of hydrogen-bond acceptors (Lipinski definition) is 4. The van der Waals surface area contributed by atoms with Gasteiger partial charge in [0.25, 0.3) is 0 Å². The Hall–Kier alpha value is -2.88. The molecule has 0 atom stereocenters. The minimum absolute atomic E-state index is 0.592. The summed E-state index contributed by atoms with van der Waals surface area (Å²) in [6.45, 7) is 4.29. The molecule has 3 rings (SSSR count). The van der Waals surface area contributed by atoms with Crippen LogP contribution in [0.3, 0.4) is 0 Å². The van der Waals surface area contributed by atoms with E-state index >= 15 is 0 Å². The number of aromatic nitrogens is 2. The van der Waals surface area contributed by atoms with Crippen LogP contribution >= 0.6 is 0 Å². The van der Waals surface area contributed by atoms with E-state index in [0.717, 1.165) is 30.0 Å².